The van der Waals surface area contributed by atoms with Gasteiger partial charge in [-0.05, 0) is 37.4 Å². The Morgan fingerprint density at radius 3 is 2.37 bits per heavy atom. The van der Waals surface area contributed by atoms with Crippen molar-refractivity contribution in [2.24, 2.45) is 0 Å². The first kappa shape index (κ1) is 14.5. The van der Waals surface area contributed by atoms with Gasteiger partial charge in [0.05, 0.1) is 22.3 Å². The molecule has 0 aliphatic rings. The van der Waals surface area contributed by atoms with Crippen molar-refractivity contribution in [1.29, 1.82) is 0 Å². The highest BCUT2D eigenvalue weighted by molar-refractivity contribution is 7.09. The molecule has 2 aromatic rings. The lowest BCUT2D eigenvalue weighted by Gasteiger charge is -2.30. The summed E-state index contributed by atoms with van der Waals surface area (Å²) >= 11 is 14.3. The SMILES string of the molecule is CC(C)N(Cc1cccs1)c1c(Cl)cc(N)cc1Cl. The first-order valence-electron chi connectivity index (χ1n) is 6.02. The second kappa shape index (κ2) is 6.04. The van der Waals surface area contributed by atoms with Crippen molar-refractivity contribution in [3.8, 4) is 0 Å². The van der Waals surface area contributed by atoms with Gasteiger partial charge in [-0.25, -0.2) is 0 Å². The van der Waals surface area contributed by atoms with Crippen LogP contribution in [0.4, 0.5) is 11.4 Å². The summed E-state index contributed by atoms with van der Waals surface area (Å²) in [5.41, 5.74) is 7.19. The maximum atomic E-state index is 6.31. The zero-order chi connectivity index (χ0) is 14.0. The van der Waals surface area contributed by atoms with Crippen LogP contribution in [0.5, 0.6) is 0 Å². The molecule has 0 aliphatic carbocycles. The molecule has 0 fully saturated rings. The highest BCUT2D eigenvalue weighted by Gasteiger charge is 2.18. The molecule has 0 radical (unpaired) electrons. The number of nitrogens with two attached hydrogens (primary N) is 1. The maximum absolute atomic E-state index is 6.31. The van der Waals surface area contributed by atoms with Crippen molar-refractivity contribution in [3.63, 3.8) is 0 Å². The zero-order valence-electron chi connectivity index (χ0n) is 10.9. The van der Waals surface area contributed by atoms with Gasteiger partial charge in [-0.2, -0.15) is 0 Å². The van der Waals surface area contributed by atoms with E-state index in [4.69, 9.17) is 28.9 Å². The summed E-state index contributed by atoms with van der Waals surface area (Å²) in [5, 5.41) is 3.26. The Hall–Kier alpha value is -0.900. The lowest BCUT2D eigenvalue weighted by Crippen LogP contribution is -2.30. The smallest absolute Gasteiger partial charge is 0.0752 e. The lowest BCUT2D eigenvalue weighted by atomic mass is 10.2. The van der Waals surface area contributed by atoms with Crippen LogP contribution in [-0.2, 0) is 6.54 Å². The molecule has 102 valence electrons. The molecule has 0 bridgehead atoms. The molecule has 19 heavy (non-hydrogen) atoms. The zero-order valence-corrected chi connectivity index (χ0v) is 13.2. The molecule has 2 nitrogen and oxygen atoms in total. The van der Waals surface area contributed by atoms with Crippen LogP contribution < -0.4 is 10.6 Å². The molecule has 0 aliphatic heterocycles. The lowest BCUT2D eigenvalue weighted by molar-refractivity contribution is 0.687. The minimum atomic E-state index is 0.292. The first-order chi connectivity index (χ1) is 8.99. The number of halogens is 2. The Morgan fingerprint density at radius 1 is 1.26 bits per heavy atom. The van der Waals surface area contributed by atoms with Gasteiger partial charge in [-0.1, -0.05) is 29.3 Å². The number of nitrogens with zero attached hydrogens (tertiary/aromatic N) is 1. The second-order valence-corrected chi connectivity index (χ2v) is 6.48. The van der Waals surface area contributed by atoms with Gasteiger partial charge in [-0.15, -0.1) is 11.3 Å². The normalized spacial score (nSPS) is 11.0. The highest BCUT2D eigenvalue weighted by Crippen LogP contribution is 2.38. The number of rotatable bonds is 4. The molecule has 0 saturated heterocycles. The second-order valence-electron chi connectivity index (χ2n) is 4.63. The summed E-state index contributed by atoms with van der Waals surface area (Å²) in [7, 11) is 0. The van der Waals surface area contributed by atoms with Crippen LogP contribution in [0.2, 0.25) is 10.0 Å². The van der Waals surface area contributed by atoms with Gasteiger partial charge in [0.25, 0.3) is 0 Å². The van der Waals surface area contributed by atoms with E-state index >= 15 is 0 Å². The minimum Gasteiger partial charge on any atom is -0.399 e. The fourth-order valence-corrected chi connectivity index (χ4v) is 3.37. The Morgan fingerprint density at radius 2 is 1.89 bits per heavy atom. The third-order valence-corrected chi connectivity index (χ3v) is 4.29. The molecule has 0 atom stereocenters. The summed E-state index contributed by atoms with van der Waals surface area (Å²) in [4.78, 5) is 3.47. The van der Waals surface area contributed by atoms with Crippen LogP contribution in [0, 0.1) is 0 Å². The number of hydrogen-bond acceptors (Lipinski definition) is 3. The Kier molecular flexibility index (Phi) is 4.61. The summed E-state index contributed by atoms with van der Waals surface area (Å²) in [6.45, 7) is 5.03. The van der Waals surface area contributed by atoms with Crippen LogP contribution >= 0.6 is 34.5 Å². The van der Waals surface area contributed by atoms with E-state index in [9.17, 15) is 0 Å². The van der Waals surface area contributed by atoms with E-state index < -0.39 is 0 Å². The van der Waals surface area contributed by atoms with E-state index in [1.54, 1.807) is 23.5 Å². The predicted molar refractivity (Wildman–Crippen MR) is 86.5 cm³/mol. The molecular formula is C14H16Cl2N2S. The van der Waals surface area contributed by atoms with Crippen molar-refractivity contribution in [2.75, 3.05) is 10.6 Å². The third-order valence-electron chi connectivity index (χ3n) is 2.86. The average Bonchev–Trinajstić information content (AvgIpc) is 2.78. The van der Waals surface area contributed by atoms with Gasteiger partial charge in [0.1, 0.15) is 0 Å². The van der Waals surface area contributed by atoms with Gasteiger partial charge in [0.2, 0.25) is 0 Å². The Labute approximate surface area is 127 Å². The van der Waals surface area contributed by atoms with Gasteiger partial charge >= 0.3 is 0 Å². The fraction of sp³-hybridized carbons (Fsp3) is 0.286. The number of benzene rings is 1. The van der Waals surface area contributed by atoms with E-state index in [2.05, 4.69) is 30.2 Å². The highest BCUT2D eigenvalue weighted by atomic mass is 35.5. The number of thiophene rings is 1. The third kappa shape index (κ3) is 3.35. The minimum absolute atomic E-state index is 0.292. The Balaban J connectivity index is 2.39. The number of anilines is 2. The fourth-order valence-electron chi connectivity index (χ4n) is 1.95. The quantitative estimate of drug-likeness (QED) is 0.800. The van der Waals surface area contributed by atoms with Crippen LogP contribution in [0.3, 0.4) is 0 Å². The first-order valence-corrected chi connectivity index (χ1v) is 7.66. The molecule has 2 rings (SSSR count). The molecule has 2 N–H and O–H groups in total. The van der Waals surface area contributed by atoms with Crippen LogP contribution in [0.25, 0.3) is 0 Å². The molecule has 5 heteroatoms. The molecule has 0 amide bonds. The van der Waals surface area contributed by atoms with Gasteiger partial charge in [0, 0.05) is 16.6 Å². The standard InChI is InChI=1S/C14H16Cl2N2S/c1-9(2)18(8-11-4-3-5-19-11)14-12(15)6-10(17)7-13(14)16/h3-7,9H,8,17H2,1-2H3. The van der Waals surface area contributed by atoms with E-state index in [0.717, 1.165) is 12.2 Å². The van der Waals surface area contributed by atoms with Crippen molar-refractivity contribution < 1.29 is 0 Å². The van der Waals surface area contributed by atoms with E-state index in [1.165, 1.54) is 4.88 Å². The summed E-state index contributed by atoms with van der Waals surface area (Å²) in [6, 6.07) is 7.93. The van der Waals surface area contributed by atoms with Crippen LogP contribution in [0.1, 0.15) is 18.7 Å². The van der Waals surface area contributed by atoms with Crippen LogP contribution in [-0.4, -0.2) is 6.04 Å². The summed E-state index contributed by atoms with van der Waals surface area (Å²) in [5.74, 6) is 0. The number of hydrogen-bond donors (Lipinski definition) is 1. The molecule has 0 spiro atoms. The largest absolute Gasteiger partial charge is 0.399 e. The molecular weight excluding hydrogens is 299 g/mol. The van der Waals surface area contributed by atoms with Crippen LogP contribution in [0.15, 0.2) is 29.6 Å². The van der Waals surface area contributed by atoms with Gasteiger partial charge in [0.15, 0.2) is 0 Å². The van der Waals surface area contributed by atoms with Gasteiger partial charge < -0.3 is 10.6 Å². The number of nitrogen functional groups attached to an aromatic ring is 1. The predicted octanol–water partition coefficient (Wildman–Crippen LogP) is 5.05. The molecule has 0 unspecified atom stereocenters. The monoisotopic (exact) mass is 314 g/mol. The average molecular weight is 315 g/mol. The molecule has 0 saturated carbocycles. The maximum Gasteiger partial charge on any atom is 0.0752 e. The van der Waals surface area contributed by atoms with E-state index in [-0.39, 0.29) is 0 Å². The summed E-state index contributed by atoms with van der Waals surface area (Å²) < 4.78 is 0. The summed E-state index contributed by atoms with van der Waals surface area (Å²) in [6.07, 6.45) is 0. The topological polar surface area (TPSA) is 29.3 Å². The van der Waals surface area contributed by atoms with Crippen molar-refractivity contribution in [3.05, 3.63) is 44.6 Å². The molecule has 1 aromatic heterocycles. The molecule has 1 heterocycles. The van der Waals surface area contributed by atoms with Crippen molar-refractivity contribution >= 4 is 45.9 Å². The van der Waals surface area contributed by atoms with E-state index in [0.29, 0.717) is 21.8 Å². The Bertz CT molecular complexity index is 530. The van der Waals surface area contributed by atoms with E-state index in [1.807, 2.05) is 6.07 Å². The molecule has 1 aromatic carbocycles. The van der Waals surface area contributed by atoms with Crippen molar-refractivity contribution in [1.82, 2.24) is 0 Å². The van der Waals surface area contributed by atoms with Gasteiger partial charge in [-0.3, -0.25) is 0 Å². The van der Waals surface area contributed by atoms with Crippen molar-refractivity contribution in [2.45, 2.75) is 26.4 Å².